The zero-order chi connectivity index (χ0) is 16.8. The molecule has 1 aliphatic carbocycles. The predicted octanol–water partition coefficient (Wildman–Crippen LogP) is 3.38. The topological polar surface area (TPSA) is 47.6 Å². The van der Waals surface area contributed by atoms with Crippen LogP contribution in [0.4, 0.5) is 0 Å². The summed E-state index contributed by atoms with van der Waals surface area (Å²) < 4.78 is 11.3. The molecule has 0 fully saturated rings. The molecule has 126 valence electrons. The predicted molar refractivity (Wildman–Crippen MR) is 89.8 cm³/mol. The summed E-state index contributed by atoms with van der Waals surface area (Å²) in [6.07, 6.45) is 7.68. The van der Waals surface area contributed by atoms with Gasteiger partial charge in [0, 0.05) is 5.54 Å². The van der Waals surface area contributed by atoms with E-state index in [4.69, 9.17) is 9.47 Å². The first kappa shape index (κ1) is 18.9. The molecule has 0 bridgehead atoms. The number of carbonyl (C=O) groups excluding carboxylic acids is 1. The van der Waals surface area contributed by atoms with Gasteiger partial charge < -0.3 is 14.8 Å². The molecule has 0 amide bonds. The third-order valence-electron chi connectivity index (χ3n) is 3.55. The summed E-state index contributed by atoms with van der Waals surface area (Å²) in [5.41, 5.74) is 0.546. The molecule has 2 atom stereocenters. The number of ether oxygens (including phenoxy) is 2. The van der Waals surface area contributed by atoms with Crippen molar-refractivity contribution in [1.29, 1.82) is 0 Å². The fourth-order valence-electron chi connectivity index (χ4n) is 2.46. The molecule has 4 heteroatoms. The van der Waals surface area contributed by atoms with Crippen LogP contribution >= 0.6 is 0 Å². The minimum atomic E-state index is -0.286. The lowest BCUT2D eigenvalue weighted by Gasteiger charge is -2.34. The molecule has 4 nitrogen and oxygen atoms in total. The minimum absolute atomic E-state index is 0.0280. The smallest absolute Gasteiger partial charge is 0.337 e. The van der Waals surface area contributed by atoms with E-state index in [9.17, 15) is 4.79 Å². The lowest BCUT2D eigenvalue weighted by molar-refractivity contribution is -0.138. The van der Waals surface area contributed by atoms with E-state index in [1.165, 1.54) is 0 Å². The maximum absolute atomic E-state index is 11.9. The molecule has 0 saturated carbocycles. The molecular weight excluding hydrogens is 278 g/mol. The number of hydrogen-bond donors (Lipinski definition) is 1. The van der Waals surface area contributed by atoms with Crippen LogP contribution in [-0.4, -0.2) is 36.4 Å². The second-order valence-electron chi connectivity index (χ2n) is 6.66. The quantitative estimate of drug-likeness (QED) is 0.732. The molecule has 0 aromatic rings. The van der Waals surface area contributed by atoms with E-state index < -0.39 is 0 Å². The Kier molecular flexibility index (Phi) is 7.30. The summed E-state index contributed by atoms with van der Waals surface area (Å²) in [7, 11) is 0. The average molecular weight is 309 g/mol. The van der Waals surface area contributed by atoms with E-state index in [1.807, 2.05) is 25.2 Å². The zero-order valence-electron chi connectivity index (χ0n) is 14.8. The molecule has 1 rings (SSSR count). The number of nitrogens with one attached hydrogen (secondary N) is 1. The molecule has 0 spiro atoms. The van der Waals surface area contributed by atoms with Crippen molar-refractivity contribution >= 4 is 5.97 Å². The van der Waals surface area contributed by atoms with E-state index in [1.54, 1.807) is 0 Å². The minimum Gasteiger partial charge on any atom is -0.462 e. The SMILES string of the molecule is CCOC(=O)C1=C[C@@H](OC(CC)CC)[C@H](NC(C)(C)C)C=C1. The van der Waals surface area contributed by atoms with Gasteiger partial charge in [-0.05, 0) is 46.6 Å². The van der Waals surface area contributed by atoms with E-state index in [2.05, 4.69) is 39.9 Å². The van der Waals surface area contributed by atoms with E-state index >= 15 is 0 Å². The third-order valence-corrected chi connectivity index (χ3v) is 3.55. The van der Waals surface area contributed by atoms with Crippen molar-refractivity contribution in [1.82, 2.24) is 5.32 Å². The Balaban J connectivity index is 2.91. The van der Waals surface area contributed by atoms with Gasteiger partial charge in [0.1, 0.15) is 0 Å². The Morgan fingerprint density at radius 3 is 2.41 bits per heavy atom. The standard InChI is InChI=1S/C18H31NO3/c1-7-14(8-2)22-16-12-13(17(20)21-9-3)10-11-15(16)19-18(4,5)6/h10-12,14-16,19H,7-9H2,1-6H3/t15-,16-/m1/s1. The van der Waals surface area contributed by atoms with Gasteiger partial charge in [-0.2, -0.15) is 0 Å². The van der Waals surface area contributed by atoms with Crippen molar-refractivity contribution in [2.75, 3.05) is 6.61 Å². The van der Waals surface area contributed by atoms with Crippen molar-refractivity contribution in [3.63, 3.8) is 0 Å². The summed E-state index contributed by atoms with van der Waals surface area (Å²) in [5, 5.41) is 3.54. The summed E-state index contributed by atoms with van der Waals surface area (Å²) in [5.74, 6) is -0.286. The Labute approximate surface area is 134 Å². The van der Waals surface area contributed by atoms with Gasteiger partial charge in [-0.3, -0.25) is 0 Å². The molecule has 1 aliphatic rings. The van der Waals surface area contributed by atoms with Crippen LogP contribution in [0.3, 0.4) is 0 Å². The summed E-state index contributed by atoms with van der Waals surface area (Å²) >= 11 is 0. The first-order chi connectivity index (χ1) is 10.3. The first-order valence-corrected chi connectivity index (χ1v) is 8.31. The van der Waals surface area contributed by atoms with Crippen molar-refractivity contribution < 1.29 is 14.3 Å². The zero-order valence-corrected chi connectivity index (χ0v) is 14.8. The van der Waals surface area contributed by atoms with Crippen molar-refractivity contribution in [2.24, 2.45) is 0 Å². The maximum atomic E-state index is 11.9. The monoisotopic (exact) mass is 309 g/mol. The molecule has 22 heavy (non-hydrogen) atoms. The Hall–Kier alpha value is -1.13. The number of hydrogen-bond acceptors (Lipinski definition) is 4. The normalized spacial score (nSPS) is 21.9. The van der Waals surface area contributed by atoms with Crippen LogP contribution in [0.5, 0.6) is 0 Å². The Bertz CT molecular complexity index is 417. The highest BCUT2D eigenvalue weighted by atomic mass is 16.5. The molecule has 0 aromatic carbocycles. The van der Waals surface area contributed by atoms with Crippen LogP contribution in [0.25, 0.3) is 0 Å². The summed E-state index contributed by atoms with van der Waals surface area (Å²) in [4.78, 5) is 11.9. The van der Waals surface area contributed by atoms with Gasteiger partial charge in [0.25, 0.3) is 0 Å². The largest absolute Gasteiger partial charge is 0.462 e. The van der Waals surface area contributed by atoms with Gasteiger partial charge in [-0.25, -0.2) is 4.79 Å². The van der Waals surface area contributed by atoms with Gasteiger partial charge >= 0.3 is 5.97 Å². The number of carbonyl (C=O) groups is 1. The molecule has 0 aliphatic heterocycles. The fraction of sp³-hybridized carbons (Fsp3) is 0.722. The van der Waals surface area contributed by atoms with Gasteiger partial charge in [0.15, 0.2) is 0 Å². The third kappa shape index (κ3) is 5.93. The molecule has 0 saturated heterocycles. The maximum Gasteiger partial charge on any atom is 0.337 e. The lowest BCUT2D eigenvalue weighted by atomic mass is 9.96. The highest BCUT2D eigenvalue weighted by molar-refractivity contribution is 5.92. The second-order valence-corrected chi connectivity index (χ2v) is 6.66. The molecular formula is C18H31NO3. The van der Waals surface area contributed by atoms with Crippen LogP contribution in [0.15, 0.2) is 23.8 Å². The van der Waals surface area contributed by atoms with Crippen LogP contribution < -0.4 is 5.32 Å². The van der Waals surface area contributed by atoms with Crippen molar-refractivity contribution in [2.45, 2.75) is 78.2 Å². The van der Waals surface area contributed by atoms with Crippen LogP contribution in [0, 0.1) is 0 Å². The fourth-order valence-corrected chi connectivity index (χ4v) is 2.46. The number of rotatable bonds is 7. The van der Waals surface area contributed by atoms with Crippen molar-refractivity contribution in [3.8, 4) is 0 Å². The van der Waals surface area contributed by atoms with Gasteiger partial charge in [-0.15, -0.1) is 0 Å². The first-order valence-electron chi connectivity index (χ1n) is 8.31. The van der Waals surface area contributed by atoms with Crippen molar-refractivity contribution in [3.05, 3.63) is 23.8 Å². The van der Waals surface area contributed by atoms with Gasteiger partial charge in [0.2, 0.25) is 0 Å². The van der Waals surface area contributed by atoms with E-state index in [-0.39, 0.29) is 29.8 Å². The molecule has 0 radical (unpaired) electrons. The van der Waals surface area contributed by atoms with Crippen LogP contribution in [-0.2, 0) is 14.3 Å². The molecule has 0 heterocycles. The number of esters is 1. The molecule has 0 aromatic heterocycles. The van der Waals surface area contributed by atoms with Gasteiger partial charge in [0.05, 0.1) is 30.4 Å². The van der Waals surface area contributed by atoms with Crippen LogP contribution in [0.2, 0.25) is 0 Å². The van der Waals surface area contributed by atoms with Crippen LogP contribution in [0.1, 0.15) is 54.4 Å². The molecule has 0 unspecified atom stereocenters. The second kappa shape index (κ2) is 8.49. The highest BCUT2D eigenvalue weighted by Gasteiger charge is 2.28. The highest BCUT2D eigenvalue weighted by Crippen LogP contribution is 2.21. The molecule has 1 N–H and O–H groups in total. The van der Waals surface area contributed by atoms with E-state index in [0.29, 0.717) is 12.2 Å². The summed E-state index contributed by atoms with van der Waals surface area (Å²) in [6.45, 7) is 12.8. The Morgan fingerprint density at radius 2 is 1.91 bits per heavy atom. The average Bonchev–Trinajstić information content (AvgIpc) is 2.44. The summed E-state index contributed by atoms with van der Waals surface area (Å²) in [6, 6.07) is 0.0544. The van der Waals surface area contributed by atoms with E-state index in [0.717, 1.165) is 12.8 Å². The van der Waals surface area contributed by atoms with Gasteiger partial charge in [-0.1, -0.05) is 26.0 Å². The Morgan fingerprint density at radius 1 is 1.27 bits per heavy atom. The lowest BCUT2D eigenvalue weighted by Crippen LogP contribution is -2.50.